The lowest BCUT2D eigenvalue weighted by molar-refractivity contribution is -0.129. The van der Waals surface area contributed by atoms with Crippen molar-refractivity contribution in [2.75, 3.05) is 24.5 Å². The van der Waals surface area contributed by atoms with Gasteiger partial charge in [-0.25, -0.2) is 4.98 Å². The Hall–Kier alpha value is -0.880. The third-order valence-corrected chi connectivity index (χ3v) is 4.23. The van der Waals surface area contributed by atoms with Crippen molar-refractivity contribution in [1.82, 2.24) is 14.9 Å². The van der Waals surface area contributed by atoms with Crippen LogP contribution in [0.5, 0.6) is 0 Å². The van der Waals surface area contributed by atoms with Crippen LogP contribution in [-0.2, 0) is 4.79 Å². The van der Waals surface area contributed by atoms with E-state index in [1.807, 2.05) is 4.90 Å². The molecule has 96 valence electrons. The Morgan fingerprint density at radius 2 is 2.28 bits per heavy atom. The van der Waals surface area contributed by atoms with Gasteiger partial charge in [0.2, 0.25) is 11.2 Å². The van der Waals surface area contributed by atoms with E-state index in [0.29, 0.717) is 12.5 Å². The first-order valence-corrected chi connectivity index (χ1v) is 7.04. The average Bonchev–Trinajstić information content (AvgIpc) is 2.74. The zero-order chi connectivity index (χ0) is 12.7. The summed E-state index contributed by atoms with van der Waals surface area (Å²) in [4.78, 5) is 24.0. The van der Waals surface area contributed by atoms with E-state index in [1.165, 1.54) is 0 Å². The fourth-order valence-corrected chi connectivity index (χ4v) is 3.19. The van der Waals surface area contributed by atoms with Crippen LogP contribution in [0.3, 0.4) is 0 Å². The average molecular weight is 332 g/mol. The summed E-state index contributed by atoms with van der Waals surface area (Å²) in [6.07, 6.45) is 3.27. The summed E-state index contributed by atoms with van der Waals surface area (Å²) in [5.74, 6) is 1.09. The smallest absolute Gasteiger partial charge is 0.224 e. The van der Waals surface area contributed by atoms with Crippen LogP contribution >= 0.6 is 27.5 Å². The molecule has 1 aromatic rings. The number of carbonyl (C=O) groups is 1. The zero-order valence-electron chi connectivity index (χ0n) is 9.64. The third-order valence-electron chi connectivity index (χ3n) is 3.49. The van der Waals surface area contributed by atoms with Gasteiger partial charge in [-0.05, 0) is 34.0 Å². The molecular weight excluding hydrogens is 320 g/mol. The SMILES string of the molecule is O=C1CCC2CN(c3nc(Cl)ncc3Br)CCN12. The largest absolute Gasteiger partial charge is 0.352 e. The summed E-state index contributed by atoms with van der Waals surface area (Å²) >= 11 is 9.28. The summed E-state index contributed by atoms with van der Waals surface area (Å²) in [5.41, 5.74) is 0. The van der Waals surface area contributed by atoms with Crippen molar-refractivity contribution in [2.24, 2.45) is 0 Å². The maximum absolute atomic E-state index is 11.6. The molecule has 1 unspecified atom stereocenters. The molecule has 0 saturated carbocycles. The number of piperazine rings is 1. The Labute approximate surface area is 118 Å². The van der Waals surface area contributed by atoms with E-state index in [4.69, 9.17) is 11.6 Å². The Balaban J connectivity index is 1.82. The van der Waals surface area contributed by atoms with Crippen molar-refractivity contribution >= 4 is 39.3 Å². The van der Waals surface area contributed by atoms with Crippen LogP contribution in [0.15, 0.2) is 10.7 Å². The minimum Gasteiger partial charge on any atom is -0.352 e. The van der Waals surface area contributed by atoms with E-state index in [9.17, 15) is 4.79 Å². The van der Waals surface area contributed by atoms with Gasteiger partial charge in [0.25, 0.3) is 0 Å². The highest BCUT2D eigenvalue weighted by Gasteiger charge is 2.36. The molecule has 0 radical (unpaired) electrons. The summed E-state index contributed by atoms with van der Waals surface area (Å²) in [6, 6.07) is 0.312. The molecule has 0 spiro atoms. The predicted octanol–water partition coefficient (Wildman–Crippen LogP) is 1.70. The molecule has 3 heterocycles. The molecule has 2 aliphatic heterocycles. The van der Waals surface area contributed by atoms with Gasteiger partial charge >= 0.3 is 0 Å². The van der Waals surface area contributed by atoms with Gasteiger partial charge in [-0.1, -0.05) is 0 Å². The van der Waals surface area contributed by atoms with Crippen LogP contribution in [0.2, 0.25) is 5.28 Å². The number of amides is 1. The van der Waals surface area contributed by atoms with E-state index in [-0.39, 0.29) is 11.2 Å². The van der Waals surface area contributed by atoms with Crippen molar-refractivity contribution in [2.45, 2.75) is 18.9 Å². The highest BCUT2D eigenvalue weighted by Crippen LogP contribution is 2.29. The lowest BCUT2D eigenvalue weighted by Gasteiger charge is -2.38. The van der Waals surface area contributed by atoms with Crippen LogP contribution in [0, 0.1) is 0 Å². The Morgan fingerprint density at radius 3 is 3.11 bits per heavy atom. The number of nitrogens with zero attached hydrogens (tertiary/aromatic N) is 4. The second-order valence-corrected chi connectivity index (χ2v) is 5.73. The molecule has 18 heavy (non-hydrogen) atoms. The molecule has 3 rings (SSSR count). The number of anilines is 1. The maximum Gasteiger partial charge on any atom is 0.224 e. The first kappa shape index (κ1) is 12.2. The molecule has 0 bridgehead atoms. The van der Waals surface area contributed by atoms with Crippen LogP contribution in [-0.4, -0.2) is 46.5 Å². The van der Waals surface area contributed by atoms with E-state index in [2.05, 4.69) is 30.8 Å². The second-order valence-electron chi connectivity index (χ2n) is 4.54. The number of fused-ring (bicyclic) bond motifs is 1. The van der Waals surface area contributed by atoms with E-state index >= 15 is 0 Å². The first-order chi connectivity index (χ1) is 8.65. The van der Waals surface area contributed by atoms with Crippen molar-refractivity contribution in [3.8, 4) is 0 Å². The number of hydrogen-bond acceptors (Lipinski definition) is 4. The minimum atomic E-state index is 0.248. The molecule has 2 saturated heterocycles. The molecule has 2 aliphatic rings. The second kappa shape index (κ2) is 4.66. The molecule has 0 N–H and O–H groups in total. The molecule has 7 heteroatoms. The van der Waals surface area contributed by atoms with Crippen molar-refractivity contribution in [1.29, 1.82) is 0 Å². The lowest BCUT2D eigenvalue weighted by Crippen LogP contribution is -2.51. The molecule has 0 aliphatic carbocycles. The van der Waals surface area contributed by atoms with Gasteiger partial charge in [-0.3, -0.25) is 4.79 Å². The normalized spacial score (nSPS) is 23.4. The Morgan fingerprint density at radius 1 is 1.44 bits per heavy atom. The monoisotopic (exact) mass is 330 g/mol. The summed E-state index contributed by atoms with van der Waals surface area (Å²) in [7, 11) is 0. The van der Waals surface area contributed by atoms with Gasteiger partial charge < -0.3 is 9.80 Å². The Kier molecular flexibility index (Phi) is 3.15. The summed E-state index contributed by atoms with van der Waals surface area (Å²) < 4.78 is 0.838. The highest BCUT2D eigenvalue weighted by atomic mass is 79.9. The molecule has 5 nitrogen and oxygen atoms in total. The van der Waals surface area contributed by atoms with Gasteiger partial charge in [0.15, 0.2) is 0 Å². The van der Waals surface area contributed by atoms with Gasteiger partial charge in [-0.15, -0.1) is 0 Å². The van der Waals surface area contributed by atoms with E-state index < -0.39 is 0 Å². The molecule has 0 aromatic carbocycles. The van der Waals surface area contributed by atoms with E-state index in [1.54, 1.807) is 6.20 Å². The predicted molar refractivity (Wildman–Crippen MR) is 71.7 cm³/mol. The topological polar surface area (TPSA) is 49.3 Å². The van der Waals surface area contributed by atoms with Crippen LogP contribution in [0.25, 0.3) is 0 Å². The first-order valence-electron chi connectivity index (χ1n) is 5.87. The van der Waals surface area contributed by atoms with Gasteiger partial charge in [0, 0.05) is 38.3 Å². The van der Waals surface area contributed by atoms with Crippen molar-refractivity contribution in [3.05, 3.63) is 16.0 Å². The molecule has 1 amide bonds. The number of aromatic nitrogens is 2. The zero-order valence-corrected chi connectivity index (χ0v) is 12.0. The number of hydrogen-bond donors (Lipinski definition) is 0. The number of carbonyl (C=O) groups excluding carboxylic acids is 1. The standard InChI is InChI=1S/C11H12BrClN4O/c12-8-5-14-11(13)15-10(8)16-3-4-17-7(6-16)1-2-9(17)18/h5,7H,1-4,6H2. The minimum absolute atomic E-state index is 0.248. The van der Waals surface area contributed by atoms with Gasteiger partial charge in [0.1, 0.15) is 5.82 Å². The highest BCUT2D eigenvalue weighted by molar-refractivity contribution is 9.10. The Bertz CT molecular complexity index is 498. The van der Waals surface area contributed by atoms with Crippen LogP contribution in [0.4, 0.5) is 5.82 Å². The summed E-state index contributed by atoms with van der Waals surface area (Å²) in [5, 5.41) is 0.248. The lowest BCUT2D eigenvalue weighted by atomic mass is 10.1. The van der Waals surface area contributed by atoms with Crippen LogP contribution in [0.1, 0.15) is 12.8 Å². The van der Waals surface area contributed by atoms with E-state index in [0.717, 1.165) is 36.3 Å². The molecule has 2 fully saturated rings. The number of halogens is 2. The fourth-order valence-electron chi connectivity index (χ4n) is 2.62. The van der Waals surface area contributed by atoms with Gasteiger partial charge in [-0.2, -0.15) is 4.98 Å². The van der Waals surface area contributed by atoms with Crippen molar-refractivity contribution in [3.63, 3.8) is 0 Å². The van der Waals surface area contributed by atoms with Crippen LogP contribution < -0.4 is 4.90 Å². The van der Waals surface area contributed by atoms with Gasteiger partial charge in [0.05, 0.1) is 4.47 Å². The van der Waals surface area contributed by atoms with Crippen molar-refractivity contribution < 1.29 is 4.79 Å². The molecule has 1 atom stereocenters. The quantitative estimate of drug-likeness (QED) is 0.735. The fraction of sp³-hybridized carbons (Fsp3) is 0.545. The summed E-state index contributed by atoms with van der Waals surface area (Å²) in [6.45, 7) is 2.36. The molecular formula is C11H12BrClN4O. The maximum atomic E-state index is 11.6. The molecule has 1 aromatic heterocycles. The third kappa shape index (κ3) is 2.07. The number of rotatable bonds is 1.